The van der Waals surface area contributed by atoms with Crippen LogP contribution in [0.2, 0.25) is 0 Å². The van der Waals surface area contributed by atoms with Gasteiger partial charge in [0.15, 0.2) is 5.13 Å². The number of nitrogens with one attached hydrogen (secondary N) is 2. The molecule has 0 fully saturated rings. The Morgan fingerprint density at radius 3 is 2.54 bits per heavy atom. The molecule has 3 rings (SSSR count). The van der Waals surface area contributed by atoms with Crippen molar-refractivity contribution < 1.29 is 14.7 Å². The number of halogens is 1. The van der Waals surface area contributed by atoms with Crippen LogP contribution in [0.25, 0.3) is 10.2 Å². The van der Waals surface area contributed by atoms with Crippen LogP contribution in [0.1, 0.15) is 27.0 Å². The normalized spacial score (nSPS) is 10.8. The fourth-order valence-electron chi connectivity index (χ4n) is 2.59. The molecule has 1 aromatic heterocycles. The maximum atomic E-state index is 12.7. The number of thiazole rings is 1. The van der Waals surface area contributed by atoms with E-state index < -0.39 is 6.09 Å². The number of hydrogen-bond acceptors (Lipinski definition) is 4. The second-order valence-electron chi connectivity index (χ2n) is 5.91. The molecule has 3 aromatic rings. The third-order valence-electron chi connectivity index (χ3n) is 4.07. The molecule has 1 heterocycles. The molecular formula is C18H16BrN3O3S. The van der Waals surface area contributed by atoms with Crippen LogP contribution >= 0.6 is 27.3 Å². The van der Waals surface area contributed by atoms with Crippen molar-refractivity contribution in [3.63, 3.8) is 0 Å². The molecule has 0 atom stereocenters. The average Bonchev–Trinajstić information content (AvgIpc) is 2.97. The van der Waals surface area contributed by atoms with Gasteiger partial charge in [-0.25, -0.2) is 9.78 Å². The average molecular weight is 434 g/mol. The Hall–Kier alpha value is -2.45. The molecular weight excluding hydrogens is 418 g/mol. The number of fused-ring (bicyclic) bond motifs is 1. The van der Waals surface area contributed by atoms with Crippen molar-refractivity contribution in [3.8, 4) is 0 Å². The lowest BCUT2D eigenvalue weighted by Gasteiger charge is -2.14. The minimum Gasteiger partial charge on any atom is -0.465 e. The van der Waals surface area contributed by atoms with E-state index in [0.29, 0.717) is 11.1 Å². The first-order chi connectivity index (χ1) is 12.3. The number of carboxylic acid groups (broad SMARTS) is 1. The van der Waals surface area contributed by atoms with Crippen LogP contribution < -0.4 is 10.6 Å². The van der Waals surface area contributed by atoms with Gasteiger partial charge in [-0.1, -0.05) is 17.4 Å². The van der Waals surface area contributed by atoms with Gasteiger partial charge in [-0.05, 0) is 71.6 Å². The van der Waals surface area contributed by atoms with Crippen LogP contribution in [-0.2, 0) is 0 Å². The van der Waals surface area contributed by atoms with Crippen molar-refractivity contribution in [1.29, 1.82) is 0 Å². The summed E-state index contributed by atoms with van der Waals surface area (Å²) in [6.07, 6.45) is -1.17. The number of benzene rings is 2. The van der Waals surface area contributed by atoms with Crippen LogP contribution in [0.15, 0.2) is 28.7 Å². The summed E-state index contributed by atoms with van der Waals surface area (Å²) in [4.78, 5) is 27.6. The molecule has 2 aromatic carbocycles. The number of rotatable bonds is 3. The van der Waals surface area contributed by atoms with E-state index in [1.807, 2.05) is 26.8 Å². The molecule has 0 spiro atoms. The van der Waals surface area contributed by atoms with E-state index in [1.54, 1.807) is 18.2 Å². The van der Waals surface area contributed by atoms with Crippen LogP contribution in [0.3, 0.4) is 0 Å². The molecule has 0 aliphatic carbocycles. The van der Waals surface area contributed by atoms with Crippen LogP contribution in [0.5, 0.6) is 0 Å². The lowest BCUT2D eigenvalue weighted by Crippen LogP contribution is -2.13. The maximum absolute atomic E-state index is 12.7. The zero-order chi connectivity index (χ0) is 19.0. The maximum Gasteiger partial charge on any atom is 0.410 e. The van der Waals surface area contributed by atoms with Crippen molar-refractivity contribution >= 4 is 60.3 Å². The Morgan fingerprint density at radius 2 is 1.85 bits per heavy atom. The van der Waals surface area contributed by atoms with Gasteiger partial charge >= 0.3 is 6.09 Å². The van der Waals surface area contributed by atoms with E-state index in [4.69, 9.17) is 5.11 Å². The molecule has 0 bridgehead atoms. The Bertz CT molecular complexity index is 1050. The summed E-state index contributed by atoms with van der Waals surface area (Å²) in [6.45, 7) is 5.97. The summed E-state index contributed by atoms with van der Waals surface area (Å²) in [5, 5.41) is 14.2. The highest BCUT2D eigenvalue weighted by atomic mass is 79.9. The number of carbonyl (C=O) groups excluding carboxylic acids is 1. The summed E-state index contributed by atoms with van der Waals surface area (Å²) in [5.41, 5.74) is 5.06. The Balaban J connectivity index is 1.91. The smallest absolute Gasteiger partial charge is 0.410 e. The molecule has 0 radical (unpaired) electrons. The second kappa shape index (κ2) is 7.05. The summed E-state index contributed by atoms with van der Waals surface area (Å²) in [6, 6.07) is 7.12. The number of anilines is 2. The van der Waals surface area contributed by atoms with E-state index in [0.717, 1.165) is 31.6 Å². The Kier molecular flexibility index (Phi) is 4.97. The van der Waals surface area contributed by atoms with Gasteiger partial charge in [0.25, 0.3) is 5.91 Å². The first-order valence-corrected chi connectivity index (χ1v) is 9.35. The van der Waals surface area contributed by atoms with E-state index in [1.165, 1.54) is 11.3 Å². The monoisotopic (exact) mass is 433 g/mol. The quantitative estimate of drug-likeness (QED) is 0.520. The molecule has 6 nitrogen and oxygen atoms in total. The number of hydrogen-bond donors (Lipinski definition) is 3. The van der Waals surface area contributed by atoms with Crippen molar-refractivity contribution in [2.24, 2.45) is 0 Å². The molecule has 0 saturated heterocycles. The van der Waals surface area contributed by atoms with Gasteiger partial charge in [0.05, 0.1) is 15.9 Å². The lowest BCUT2D eigenvalue weighted by molar-refractivity contribution is 0.102. The number of aromatic nitrogens is 1. The largest absolute Gasteiger partial charge is 0.465 e. The van der Waals surface area contributed by atoms with Gasteiger partial charge in [-0.15, -0.1) is 0 Å². The fourth-order valence-corrected chi connectivity index (χ4v) is 4.21. The predicted octanol–water partition coefficient (Wildman–Crippen LogP) is 5.33. The summed E-state index contributed by atoms with van der Waals surface area (Å²) < 4.78 is 1.60. The minimum atomic E-state index is -1.17. The molecule has 0 unspecified atom stereocenters. The molecule has 3 N–H and O–H groups in total. The highest BCUT2D eigenvalue weighted by Crippen LogP contribution is 2.33. The number of amides is 2. The molecule has 0 saturated carbocycles. The van der Waals surface area contributed by atoms with Crippen molar-refractivity contribution in [1.82, 2.24) is 4.98 Å². The molecule has 134 valence electrons. The predicted molar refractivity (Wildman–Crippen MR) is 108 cm³/mol. The first-order valence-electron chi connectivity index (χ1n) is 7.74. The lowest BCUT2D eigenvalue weighted by atomic mass is 10.0. The van der Waals surface area contributed by atoms with E-state index >= 15 is 0 Å². The summed E-state index contributed by atoms with van der Waals surface area (Å²) in [7, 11) is 0. The molecule has 2 amide bonds. The standard InChI is InChI=1S/C18H16BrN3O3S/c1-8-6-9(2)15(14(19)10(8)3)21-16(23)11-4-5-12-13(7-11)26-17(20-12)22-18(24)25/h4-7H,1-3H3,(H,20,22)(H,21,23)(H,24,25). The first kappa shape index (κ1) is 18.3. The topological polar surface area (TPSA) is 91.3 Å². The van der Waals surface area contributed by atoms with Gasteiger partial charge in [-0.2, -0.15) is 0 Å². The van der Waals surface area contributed by atoms with Crippen LogP contribution in [0.4, 0.5) is 15.6 Å². The SMILES string of the molecule is Cc1cc(C)c(NC(=O)c2ccc3nc(NC(=O)O)sc3c2)c(Br)c1C. The van der Waals surface area contributed by atoms with Gasteiger partial charge in [0.2, 0.25) is 0 Å². The molecule has 0 aliphatic heterocycles. The summed E-state index contributed by atoms with van der Waals surface area (Å²) >= 11 is 4.74. The molecule has 8 heteroatoms. The van der Waals surface area contributed by atoms with Gasteiger partial charge in [0.1, 0.15) is 0 Å². The van der Waals surface area contributed by atoms with E-state index in [9.17, 15) is 9.59 Å². The third-order valence-corrected chi connectivity index (χ3v) is 6.00. The zero-order valence-electron chi connectivity index (χ0n) is 14.3. The Morgan fingerprint density at radius 1 is 1.12 bits per heavy atom. The van der Waals surface area contributed by atoms with Gasteiger partial charge < -0.3 is 10.4 Å². The van der Waals surface area contributed by atoms with Gasteiger partial charge in [-0.3, -0.25) is 10.1 Å². The van der Waals surface area contributed by atoms with E-state index in [2.05, 4.69) is 31.5 Å². The summed E-state index contributed by atoms with van der Waals surface area (Å²) in [5.74, 6) is -0.236. The molecule has 26 heavy (non-hydrogen) atoms. The second-order valence-corrected chi connectivity index (χ2v) is 7.73. The van der Waals surface area contributed by atoms with Crippen LogP contribution in [-0.4, -0.2) is 22.1 Å². The highest BCUT2D eigenvalue weighted by Gasteiger charge is 2.15. The zero-order valence-corrected chi connectivity index (χ0v) is 16.7. The third kappa shape index (κ3) is 3.56. The number of nitrogens with zero attached hydrogens (tertiary/aromatic N) is 1. The van der Waals surface area contributed by atoms with Crippen molar-refractivity contribution in [2.45, 2.75) is 20.8 Å². The van der Waals surface area contributed by atoms with Crippen LogP contribution in [0, 0.1) is 20.8 Å². The Labute approximate surface area is 162 Å². The molecule has 0 aliphatic rings. The van der Waals surface area contributed by atoms with Crippen molar-refractivity contribution in [3.05, 3.63) is 51.0 Å². The fraction of sp³-hybridized carbons (Fsp3) is 0.167. The van der Waals surface area contributed by atoms with Crippen molar-refractivity contribution in [2.75, 3.05) is 10.6 Å². The highest BCUT2D eigenvalue weighted by molar-refractivity contribution is 9.10. The van der Waals surface area contributed by atoms with E-state index in [-0.39, 0.29) is 11.0 Å². The number of aryl methyl sites for hydroxylation is 2. The minimum absolute atomic E-state index is 0.236. The van der Waals surface area contributed by atoms with Gasteiger partial charge in [0, 0.05) is 10.0 Å². The number of carbonyl (C=O) groups is 2.